The molecule has 0 spiro atoms. The molecule has 4 rings (SSSR count). The molecule has 2 heterocycles. The van der Waals surface area contributed by atoms with E-state index in [9.17, 15) is 18.0 Å². The van der Waals surface area contributed by atoms with Crippen molar-refractivity contribution in [3.63, 3.8) is 0 Å². The highest BCUT2D eigenvalue weighted by Crippen LogP contribution is 2.29. The van der Waals surface area contributed by atoms with Gasteiger partial charge in [-0.05, 0) is 30.3 Å². The van der Waals surface area contributed by atoms with Gasteiger partial charge in [-0.25, -0.2) is 4.79 Å². The summed E-state index contributed by atoms with van der Waals surface area (Å²) in [5.41, 5.74) is 1.83. The van der Waals surface area contributed by atoms with Gasteiger partial charge in [0.25, 0.3) is 0 Å². The summed E-state index contributed by atoms with van der Waals surface area (Å²) in [6.07, 6.45) is -3.90. The number of para-hydroxylation sites is 1. The van der Waals surface area contributed by atoms with E-state index in [4.69, 9.17) is 0 Å². The molecular formula is C16H11F3N3O+. The first-order valence-corrected chi connectivity index (χ1v) is 6.97. The van der Waals surface area contributed by atoms with E-state index in [-0.39, 0.29) is 5.56 Å². The highest BCUT2D eigenvalue weighted by molar-refractivity contribution is 5.40. The van der Waals surface area contributed by atoms with Gasteiger partial charge in [-0.1, -0.05) is 28.1 Å². The van der Waals surface area contributed by atoms with E-state index in [1.54, 1.807) is 4.68 Å². The lowest BCUT2D eigenvalue weighted by atomic mass is 10.1. The van der Waals surface area contributed by atoms with E-state index in [1.807, 2.05) is 24.3 Å². The van der Waals surface area contributed by atoms with Crippen LogP contribution in [0.4, 0.5) is 13.2 Å². The van der Waals surface area contributed by atoms with Gasteiger partial charge >= 0.3 is 11.7 Å². The Kier molecular flexibility index (Phi) is 2.75. The summed E-state index contributed by atoms with van der Waals surface area (Å²) in [5, 5.41) is 2.93. The van der Waals surface area contributed by atoms with Crippen molar-refractivity contribution >= 4 is 0 Å². The Labute approximate surface area is 128 Å². The number of fused-ring (bicyclic) bond motifs is 3. The summed E-state index contributed by atoms with van der Waals surface area (Å²) in [5.74, 6) is 0. The topological polar surface area (TPSA) is 41.7 Å². The van der Waals surface area contributed by atoms with Crippen LogP contribution >= 0.6 is 0 Å². The Balaban J connectivity index is 1.80. The predicted molar refractivity (Wildman–Crippen MR) is 75.7 cm³/mol. The Morgan fingerprint density at radius 2 is 1.74 bits per heavy atom. The molecule has 2 aromatic carbocycles. The zero-order chi connectivity index (χ0) is 16.2. The third-order valence-corrected chi connectivity index (χ3v) is 3.96. The second-order valence-corrected chi connectivity index (χ2v) is 5.37. The largest absolute Gasteiger partial charge is 0.416 e. The number of hydrogen-bond acceptors (Lipinski definition) is 1. The third-order valence-electron chi connectivity index (χ3n) is 3.96. The van der Waals surface area contributed by atoms with Crippen LogP contribution in [0.3, 0.4) is 0 Å². The average Bonchev–Trinajstić information content (AvgIpc) is 3.04. The summed E-state index contributed by atoms with van der Waals surface area (Å²) < 4.78 is 40.8. The van der Waals surface area contributed by atoms with Gasteiger partial charge in [0.05, 0.1) is 5.56 Å². The van der Waals surface area contributed by atoms with Gasteiger partial charge in [-0.15, -0.1) is 4.68 Å². The number of H-pyrrole nitrogens is 1. The Bertz CT molecular complexity index is 952. The molecule has 0 saturated heterocycles. The van der Waals surface area contributed by atoms with Gasteiger partial charge in [0, 0.05) is 12.0 Å². The molecule has 1 aromatic heterocycles. The van der Waals surface area contributed by atoms with Crippen molar-refractivity contribution in [1.29, 1.82) is 0 Å². The van der Waals surface area contributed by atoms with Crippen LogP contribution in [0.2, 0.25) is 0 Å². The van der Waals surface area contributed by atoms with Crippen molar-refractivity contribution in [2.45, 2.75) is 12.6 Å². The summed E-state index contributed by atoms with van der Waals surface area (Å²) in [7, 11) is 0. The van der Waals surface area contributed by atoms with E-state index in [0.717, 1.165) is 23.4 Å². The molecule has 0 unspecified atom stereocenters. The quantitative estimate of drug-likeness (QED) is 0.538. The second-order valence-electron chi connectivity index (χ2n) is 5.37. The highest BCUT2D eigenvalue weighted by Gasteiger charge is 2.33. The van der Waals surface area contributed by atoms with Crippen molar-refractivity contribution in [1.82, 2.24) is 9.90 Å². The predicted octanol–water partition coefficient (Wildman–Crippen LogP) is 2.37. The zero-order valence-corrected chi connectivity index (χ0v) is 11.8. The lowest BCUT2D eigenvalue weighted by molar-refractivity contribution is -0.662. The molecule has 1 aliphatic heterocycles. The maximum absolute atomic E-state index is 12.6. The second kappa shape index (κ2) is 4.58. The molecular weight excluding hydrogens is 307 g/mol. The molecule has 0 atom stereocenters. The van der Waals surface area contributed by atoms with Crippen LogP contribution in [0.5, 0.6) is 0 Å². The van der Waals surface area contributed by atoms with Gasteiger partial charge in [-0.2, -0.15) is 13.2 Å². The number of benzene rings is 2. The fourth-order valence-corrected chi connectivity index (χ4v) is 2.82. The molecule has 0 bridgehead atoms. The molecule has 0 fully saturated rings. The van der Waals surface area contributed by atoms with Gasteiger partial charge < -0.3 is 0 Å². The van der Waals surface area contributed by atoms with Gasteiger partial charge in [0.2, 0.25) is 5.69 Å². The molecule has 1 N–H and O–H groups in total. The maximum atomic E-state index is 12.6. The number of hydrogen-bond donors (Lipinski definition) is 1. The first-order chi connectivity index (χ1) is 10.9. The SMILES string of the molecule is O=c1c2[n+]([nH]n1-c1ccc(C(F)(F)F)cc1)-c1ccccc1C2. The molecule has 1 aliphatic rings. The van der Waals surface area contributed by atoms with Crippen LogP contribution in [-0.4, -0.2) is 9.90 Å². The molecule has 7 heteroatoms. The van der Waals surface area contributed by atoms with Crippen molar-refractivity contribution in [3.8, 4) is 11.4 Å². The number of rotatable bonds is 1. The van der Waals surface area contributed by atoms with E-state index in [2.05, 4.69) is 5.21 Å². The molecule has 3 aromatic rings. The average molecular weight is 318 g/mol. The van der Waals surface area contributed by atoms with E-state index >= 15 is 0 Å². The maximum Gasteiger partial charge on any atom is 0.416 e. The van der Waals surface area contributed by atoms with Gasteiger partial charge in [0.1, 0.15) is 0 Å². The summed E-state index contributed by atoms with van der Waals surface area (Å²) in [6, 6.07) is 12.1. The fraction of sp³-hybridized carbons (Fsp3) is 0.125. The molecule has 116 valence electrons. The summed E-state index contributed by atoms with van der Waals surface area (Å²) >= 11 is 0. The van der Waals surface area contributed by atoms with Crippen molar-refractivity contribution in [3.05, 3.63) is 75.7 Å². The van der Waals surface area contributed by atoms with Crippen molar-refractivity contribution in [2.75, 3.05) is 0 Å². The fourth-order valence-electron chi connectivity index (χ4n) is 2.82. The molecule has 0 saturated carbocycles. The van der Waals surface area contributed by atoms with Crippen molar-refractivity contribution in [2.24, 2.45) is 0 Å². The first kappa shape index (κ1) is 13.8. The number of halogens is 3. The molecule has 23 heavy (non-hydrogen) atoms. The van der Waals surface area contributed by atoms with E-state index in [0.29, 0.717) is 17.8 Å². The molecule has 0 amide bonds. The zero-order valence-electron chi connectivity index (χ0n) is 11.8. The molecule has 4 nitrogen and oxygen atoms in total. The lowest BCUT2D eigenvalue weighted by Gasteiger charge is -2.05. The first-order valence-electron chi connectivity index (χ1n) is 6.97. The number of nitrogens with one attached hydrogen (secondary N) is 1. The normalized spacial score (nSPS) is 13.0. The molecule has 0 aliphatic carbocycles. The number of aromatic nitrogens is 3. The Hall–Kier alpha value is -2.83. The van der Waals surface area contributed by atoms with Gasteiger partial charge in [-0.3, -0.25) is 0 Å². The van der Waals surface area contributed by atoms with Crippen molar-refractivity contribution < 1.29 is 17.9 Å². The number of alkyl halides is 3. The van der Waals surface area contributed by atoms with Crippen LogP contribution in [0.15, 0.2) is 53.3 Å². The Morgan fingerprint density at radius 1 is 1.04 bits per heavy atom. The number of aromatic amines is 1. The summed E-state index contributed by atoms with van der Waals surface area (Å²) in [4.78, 5) is 12.5. The Morgan fingerprint density at radius 3 is 2.43 bits per heavy atom. The molecule has 0 radical (unpaired) electrons. The smallest absolute Gasteiger partial charge is 0.234 e. The highest BCUT2D eigenvalue weighted by atomic mass is 19.4. The van der Waals surface area contributed by atoms with Crippen LogP contribution in [0, 0.1) is 0 Å². The lowest BCUT2D eigenvalue weighted by Crippen LogP contribution is -2.34. The van der Waals surface area contributed by atoms with E-state index in [1.165, 1.54) is 16.8 Å². The number of nitrogens with zero attached hydrogens (tertiary/aromatic N) is 2. The summed E-state index contributed by atoms with van der Waals surface area (Å²) in [6.45, 7) is 0. The standard InChI is InChI=1S/C16H10F3N3O/c17-16(18,19)11-5-7-12(8-6-11)21-15(23)14-9-10-3-1-2-4-13(10)22(14)20-21/h1-8H,9H2/p+1. The minimum absolute atomic E-state index is 0.263. The van der Waals surface area contributed by atoms with E-state index < -0.39 is 11.7 Å². The van der Waals surface area contributed by atoms with Crippen LogP contribution in [0.1, 0.15) is 16.8 Å². The van der Waals surface area contributed by atoms with Crippen LogP contribution in [0.25, 0.3) is 11.4 Å². The van der Waals surface area contributed by atoms with Crippen LogP contribution < -0.4 is 10.2 Å². The minimum atomic E-state index is -4.39. The van der Waals surface area contributed by atoms with Crippen LogP contribution in [-0.2, 0) is 12.6 Å². The monoisotopic (exact) mass is 318 g/mol. The minimum Gasteiger partial charge on any atom is -0.234 e. The van der Waals surface area contributed by atoms with Gasteiger partial charge in [0.15, 0.2) is 11.4 Å². The third kappa shape index (κ3) is 2.08.